The molecule has 0 aliphatic carbocycles. The molecular formula is C11H10ClF3O3S. The molecule has 1 rings (SSSR count). The van der Waals surface area contributed by atoms with Gasteiger partial charge in [-0.25, -0.2) is 4.79 Å². The van der Waals surface area contributed by atoms with E-state index in [1.54, 1.807) is 0 Å². The van der Waals surface area contributed by atoms with Crippen molar-refractivity contribution in [1.29, 1.82) is 0 Å². The van der Waals surface area contributed by atoms with Crippen LogP contribution in [0.15, 0.2) is 29.2 Å². The van der Waals surface area contributed by atoms with Crippen molar-refractivity contribution in [1.82, 2.24) is 0 Å². The molecule has 19 heavy (non-hydrogen) atoms. The van der Waals surface area contributed by atoms with E-state index in [1.807, 2.05) is 0 Å². The van der Waals surface area contributed by atoms with Gasteiger partial charge in [0.1, 0.15) is 0 Å². The number of benzene rings is 1. The minimum absolute atomic E-state index is 0.0160. The second-order valence-corrected chi connectivity index (χ2v) is 4.91. The lowest BCUT2D eigenvalue weighted by atomic mass is 10.1. The molecule has 1 unspecified atom stereocenters. The Morgan fingerprint density at radius 2 is 1.95 bits per heavy atom. The molecule has 0 spiro atoms. The maximum atomic E-state index is 12.1. The highest BCUT2D eigenvalue weighted by Crippen LogP contribution is 2.37. The summed E-state index contributed by atoms with van der Waals surface area (Å²) in [5.41, 5.74) is -4.10. The molecule has 0 bridgehead atoms. The Kier molecular flexibility index (Phi) is 5.96. The van der Waals surface area contributed by atoms with E-state index in [-0.39, 0.29) is 34.7 Å². The van der Waals surface area contributed by atoms with Crippen LogP contribution in [-0.2, 0) is 9.53 Å². The maximum Gasteiger partial charge on any atom is 0.446 e. The summed E-state index contributed by atoms with van der Waals surface area (Å²) in [5.74, 6) is -1.09. The Hall–Kier alpha value is -0.920. The third-order valence-electron chi connectivity index (χ3n) is 2.00. The fourth-order valence-electron chi connectivity index (χ4n) is 1.32. The summed E-state index contributed by atoms with van der Waals surface area (Å²) in [4.78, 5) is 11.0. The number of halogens is 4. The summed E-state index contributed by atoms with van der Waals surface area (Å²) in [7, 11) is 0. The van der Waals surface area contributed by atoms with Gasteiger partial charge in [-0.3, -0.25) is 0 Å². The van der Waals surface area contributed by atoms with Crippen LogP contribution in [0.2, 0.25) is 0 Å². The summed E-state index contributed by atoms with van der Waals surface area (Å²) in [6.07, 6.45) is -1.23. The molecule has 0 aliphatic heterocycles. The van der Waals surface area contributed by atoms with Crippen LogP contribution in [0.4, 0.5) is 13.2 Å². The van der Waals surface area contributed by atoms with Gasteiger partial charge in [-0.05, 0) is 29.5 Å². The number of carbonyl (C=O) groups is 1. The average molecular weight is 315 g/mol. The summed E-state index contributed by atoms with van der Waals surface area (Å²) in [6, 6.07) is 4.99. The lowest BCUT2D eigenvalue weighted by molar-refractivity contribution is -0.150. The number of carboxylic acid groups (broad SMARTS) is 1. The van der Waals surface area contributed by atoms with Crippen LogP contribution in [-0.4, -0.2) is 29.1 Å². The van der Waals surface area contributed by atoms with E-state index in [0.717, 1.165) is 0 Å². The molecule has 1 aromatic rings. The minimum atomic E-state index is -4.37. The third kappa shape index (κ3) is 5.71. The van der Waals surface area contributed by atoms with Crippen LogP contribution in [0, 0.1) is 0 Å². The van der Waals surface area contributed by atoms with E-state index >= 15 is 0 Å². The molecule has 0 aromatic heterocycles. The number of alkyl halides is 4. The number of carboxylic acids is 1. The van der Waals surface area contributed by atoms with Crippen molar-refractivity contribution in [2.45, 2.75) is 16.5 Å². The molecular weight excluding hydrogens is 305 g/mol. The van der Waals surface area contributed by atoms with E-state index < -0.39 is 17.6 Å². The zero-order chi connectivity index (χ0) is 14.5. The Bertz CT molecular complexity index is 422. The first-order valence-corrected chi connectivity index (χ1v) is 6.44. The molecule has 106 valence electrons. The SMILES string of the molecule is O=C(O)C(OCCCl)c1ccc(SC(F)(F)F)cc1. The molecule has 0 fully saturated rings. The predicted octanol–water partition coefficient (Wildman–Crippen LogP) is 3.68. The van der Waals surface area contributed by atoms with Gasteiger partial charge >= 0.3 is 11.5 Å². The largest absolute Gasteiger partial charge is 0.479 e. The maximum absolute atomic E-state index is 12.1. The van der Waals surface area contributed by atoms with E-state index in [1.165, 1.54) is 24.3 Å². The van der Waals surface area contributed by atoms with Crippen molar-refractivity contribution in [3.8, 4) is 0 Å². The van der Waals surface area contributed by atoms with Crippen LogP contribution in [0.5, 0.6) is 0 Å². The molecule has 8 heteroatoms. The fourth-order valence-corrected chi connectivity index (χ4v) is 1.95. The third-order valence-corrected chi connectivity index (χ3v) is 2.90. The van der Waals surface area contributed by atoms with Crippen LogP contribution in [0.1, 0.15) is 11.7 Å². The van der Waals surface area contributed by atoms with E-state index in [4.69, 9.17) is 21.4 Å². The van der Waals surface area contributed by atoms with Crippen LogP contribution < -0.4 is 0 Å². The molecule has 1 N–H and O–H groups in total. The van der Waals surface area contributed by atoms with E-state index in [2.05, 4.69) is 0 Å². The van der Waals surface area contributed by atoms with Gasteiger partial charge in [-0.15, -0.1) is 11.6 Å². The smallest absolute Gasteiger partial charge is 0.446 e. The molecule has 3 nitrogen and oxygen atoms in total. The molecule has 1 atom stereocenters. The Labute approximate surface area is 116 Å². The summed E-state index contributed by atoms with van der Waals surface area (Å²) in [5, 5.41) is 8.96. The van der Waals surface area contributed by atoms with Gasteiger partial charge in [-0.2, -0.15) is 13.2 Å². The Morgan fingerprint density at radius 1 is 1.37 bits per heavy atom. The van der Waals surface area contributed by atoms with Crippen molar-refractivity contribution in [2.75, 3.05) is 12.5 Å². The summed E-state index contributed by atoms with van der Waals surface area (Å²) >= 11 is 5.13. The van der Waals surface area contributed by atoms with Gasteiger partial charge in [0.05, 0.1) is 6.61 Å². The quantitative estimate of drug-likeness (QED) is 0.642. The highest BCUT2D eigenvalue weighted by Gasteiger charge is 2.29. The average Bonchev–Trinajstić information content (AvgIpc) is 2.29. The van der Waals surface area contributed by atoms with Crippen molar-refractivity contribution in [3.63, 3.8) is 0 Å². The molecule has 0 saturated heterocycles. The van der Waals surface area contributed by atoms with Gasteiger partial charge in [0.2, 0.25) is 0 Å². The van der Waals surface area contributed by atoms with Gasteiger partial charge in [0.25, 0.3) is 0 Å². The summed E-state index contributed by atoms with van der Waals surface area (Å²) in [6.45, 7) is 0.0393. The Morgan fingerprint density at radius 3 is 2.37 bits per heavy atom. The van der Waals surface area contributed by atoms with Crippen LogP contribution >= 0.6 is 23.4 Å². The summed E-state index contributed by atoms with van der Waals surface area (Å²) < 4.78 is 41.4. The lowest BCUT2D eigenvalue weighted by Crippen LogP contribution is -2.16. The minimum Gasteiger partial charge on any atom is -0.479 e. The van der Waals surface area contributed by atoms with Crippen molar-refractivity contribution < 1.29 is 27.8 Å². The fraction of sp³-hybridized carbons (Fsp3) is 0.364. The molecule has 1 aromatic carbocycles. The topological polar surface area (TPSA) is 46.5 Å². The normalized spacial score (nSPS) is 13.3. The number of thioether (sulfide) groups is 1. The second-order valence-electron chi connectivity index (χ2n) is 3.39. The number of aliphatic carboxylic acids is 1. The second kappa shape index (κ2) is 7.02. The van der Waals surface area contributed by atoms with Gasteiger partial charge < -0.3 is 9.84 Å². The zero-order valence-electron chi connectivity index (χ0n) is 9.48. The first-order valence-electron chi connectivity index (χ1n) is 5.09. The number of rotatable bonds is 6. The van der Waals surface area contributed by atoms with Crippen LogP contribution in [0.25, 0.3) is 0 Å². The first kappa shape index (κ1) is 16.1. The monoisotopic (exact) mass is 314 g/mol. The van der Waals surface area contributed by atoms with Crippen molar-refractivity contribution in [2.24, 2.45) is 0 Å². The first-order chi connectivity index (χ1) is 8.83. The van der Waals surface area contributed by atoms with E-state index in [0.29, 0.717) is 0 Å². The number of hydrogen-bond donors (Lipinski definition) is 1. The van der Waals surface area contributed by atoms with Crippen molar-refractivity contribution >= 4 is 29.3 Å². The predicted molar refractivity (Wildman–Crippen MR) is 65.4 cm³/mol. The molecule has 0 amide bonds. The molecule has 0 radical (unpaired) electrons. The standard InChI is InChI=1S/C11H10ClF3O3S/c12-5-6-18-9(10(16)17)7-1-3-8(4-2-7)19-11(13,14)15/h1-4,9H,5-6H2,(H,16,17). The zero-order valence-corrected chi connectivity index (χ0v) is 11.1. The number of hydrogen-bond acceptors (Lipinski definition) is 3. The van der Waals surface area contributed by atoms with Gasteiger partial charge in [0.15, 0.2) is 6.10 Å². The molecule has 0 aliphatic rings. The molecule has 0 heterocycles. The van der Waals surface area contributed by atoms with E-state index in [9.17, 15) is 18.0 Å². The van der Waals surface area contributed by atoms with Crippen LogP contribution in [0.3, 0.4) is 0 Å². The van der Waals surface area contributed by atoms with Gasteiger partial charge in [-0.1, -0.05) is 12.1 Å². The Balaban J connectivity index is 2.80. The lowest BCUT2D eigenvalue weighted by Gasteiger charge is -2.13. The highest BCUT2D eigenvalue weighted by molar-refractivity contribution is 8.00. The molecule has 0 saturated carbocycles. The highest BCUT2D eigenvalue weighted by atomic mass is 35.5. The number of ether oxygens (including phenoxy) is 1. The van der Waals surface area contributed by atoms with Crippen molar-refractivity contribution in [3.05, 3.63) is 29.8 Å². The van der Waals surface area contributed by atoms with Gasteiger partial charge in [0, 0.05) is 10.8 Å².